The summed E-state index contributed by atoms with van der Waals surface area (Å²) in [6.07, 6.45) is 2.29. The Kier molecular flexibility index (Phi) is 6.11. The van der Waals surface area contributed by atoms with E-state index in [1.165, 1.54) is 28.6 Å². The number of aromatic nitrogens is 1. The number of carboxylic acid groups (broad SMARTS) is 1. The van der Waals surface area contributed by atoms with Crippen LogP contribution in [-0.4, -0.2) is 48.1 Å². The molecule has 1 atom stereocenters. The smallest absolute Gasteiger partial charge is 0.387 e. The Bertz CT molecular complexity index is 1260. The lowest BCUT2D eigenvalue weighted by molar-refractivity contribution is -0.137. The van der Waals surface area contributed by atoms with Gasteiger partial charge in [-0.2, -0.15) is 13.1 Å². The molecular formula is C21H19ClF2N2O5S. The third kappa shape index (κ3) is 4.43. The lowest BCUT2D eigenvalue weighted by Crippen LogP contribution is -2.28. The highest BCUT2D eigenvalue weighted by Gasteiger charge is 2.34. The van der Waals surface area contributed by atoms with Crippen LogP contribution in [0.2, 0.25) is 5.02 Å². The van der Waals surface area contributed by atoms with Crippen LogP contribution in [-0.2, 0) is 21.4 Å². The largest absolute Gasteiger partial charge is 0.480 e. The molecule has 2 heterocycles. The molecule has 1 saturated heterocycles. The molecule has 1 fully saturated rings. The van der Waals surface area contributed by atoms with Gasteiger partial charge in [-0.25, -0.2) is 8.42 Å². The maximum Gasteiger partial charge on any atom is 0.387 e. The van der Waals surface area contributed by atoms with Crippen LogP contribution in [0.4, 0.5) is 8.78 Å². The van der Waals surface area contributed by atoms with Crippen molar-refractivity contribution in [3.63, 3.8) is 0 Å². The Morgan fingerprint density at radius 2 is 1.94 bits per heavy atom. The van der Waals surface area contributed by atoms with Gasteiger partial charge < -0.3 is 14.4 Å². The first-order chi connectivity index (χ1) is 15.1. The molecule has 7 nitrogen and oxygen atoms in total. The lowest BCUT2D eigenvalue weighted by Gasteiger charge is -2.17. The second-order valence-corrected chi connectivity index (χ2v) is 9.84. The quantitative estimate of drug-likeness (QED) is 0.544. The molecule has 170 valence electrons. The topological polar surface area (TPSA) is 88.8 Å². The van der Waals surface area contributed by atoms with E-state index >= 15 is 0 Å². The van der Waals surface area contributed by atoms with Gasteiger partial charge in [-0.15, -0.1) is 0 Å². The van der Waals surface area contributed by atoms with E-state index in [1.54, 1.807) is 29.0 Å². The number of hydrogen-bond donors (Lipinski definition) is 1. The summed E-state index contributed by atoms with van der Waals surface area (Å²) >= 11 is 6.15. The van der Waals surface area contributed by atoms with Gasteiger partial charge in [0.2, 0.25) is 10.0 Å². The fourth-order valence-corrected chi connectivity index (χ4v) is 5.71. The van der Waals surface area contributed by atoms with Gasteiger partial charge in [0.1, 0.15) is 12.3 Å². The van der Waals surface area contributed by atoms with Crippen molar-refractivity contribution in [2.75, 3.05) is 13.1 Å². The van der Waals surface area contributed by atoms with Crippen molar-refractivity contribution < 1.29 is 31.8 Å². The van der Waals surface area contributed by atoms with Crippen molar-refractivity contribution in [2.24, 2.45) is 0 Å². The first kappa shape index (κ1) is 22.5. The minimum absolute atomic E-state index is 0.0175. The van der Waals surface area contributed by atoms with Crippen LogP contribution in [0.25, 0.3) is 10.9 Å². The molecule has 0 bridgehead atoms. The van der Waals surface area contributed by atoms with Crippen molar-refractivity contribution in [2.45, 2.75) is 30.4 Å². The number of rotatable bonds is 7. The molecule has 4 rings (SSSR count). The Morgan fingerprint density at radius 1 is 1.22 bits per heavy atom. The van der Waals surface area contributed by atoms with Crippen LogP contribution in [0.5, 0.6) is 5.75 Å². The summed E-state index contributed by atoms with van der Waals surface area (Å²) in [5.74, 6) is -1.26. The predicted molar refractivity (Wildman–Crippen MR) is 114 cm³/mol. The first-order valence-corrected chi connectivity index (χ1v) is 11.5. The standard InChI is InChI=1S/C21H19ClF2N2O5S/c22-14-1-6-19-17(9-14)18(11-25(19)12-20(27)28)13-7-8-26(10-13)32(29,30)16-4-2-15(3-5-16)31-21(23)24/h1-6,9,11,13,21H,7-8,10,12H2,(H,27,28). The zero-order valence-corrected chi connectivity index (χ0v) is 18.2. The van der Waals surface area contributed by atoms with E-state index in [4.69, 9.17) is 11.6 Å². The van der Waals surface area contributed by atoms with Gasteiger partial charge in [0.25, 0.3) is 0 Å². The maximum atomic E-state index is 13.0. The van der Waals surface area contributed by atoms with Gasteiger partial charge in [-0.05, 0) is 54.4 Å². The van der Waals surface area contributed by atoms with E-state index in [-0.39, 0.29) is 36.2 Å². The number of fused-ring (bicyclic) bond motifs is 1. The van der Waals surface area contributed by atoms with E-state index in [2.05, 4.69) is 4.74 Å². The lowest BCUT2D eigenvalue weighted by atomic mass is 9.98. The molecule has 1 unspecified atom stereocenters. The molecule has 11 heteroatoms. The highest BCUT2D eigenvalue weighted by atomic mass is 35.5. The van der Waals surface area contributed by atoms with Gasteiger partial charge in [0.05, 0.1) is 4.90 Å². The molecule has 0 saturated carbocycles. The molecule has 3 aromatic rings. The fourth-order valence-electron chi connectivity index (χ4n) is 4.04. The molecular weight excluding hydrogens is 466 g/mol. The van der Waals surface area contributed by atoms with Gasteiger partial charge in [0, 0.05) is 41.1 Å². The van der Waals surface area contributed by atoms with Crippen LogP contribution in [0.1, 0.15) is 17.9 Å². The van der Waals surface area contributed by atoms with E-state index in [9.17, 15) is 27.1 Å². The number of aliphatic carboxylic acids is 1. The minimum atomic E-state index is -3.84. The fraction of sp³-hybridized carbons (Fsp3) is 0.286. The molecule has 0 spiro atoms. The third-order valence-corrected chi connectivity index (χ3v) is 7.57. The van der Waals surface area contributed by atoms with Crippen molar-refractivity contribution in [3.05, 3.63) is 59.2 Å². The number of alkyl halides is 2. The molecule has 1 N–H and O–H groups in total. The number of nitrogens with zero attached hydrogens (tertiary/aromatic N) is 2. The molecule has 1 aromatic heterocycles. The normalized spacial score (nSPS) is 17.3. The third-order valence-electron chi connectivity index (χ3n) is 5.46. The van der Waals surface area contributed by atoms with Gasteiger partial charge in [-0.3, -0.25) is 4.79 Å². The van der Waals surface area contributed by atoms with E-state index in [1.807, 2.05) is 0 Å². The second-order valence-electron chi connectivity index (χ2n) is 7.47. The Balaban J connectivity index is 1.60. The molecule has 0 radical (unpaired) electrons. The number of halogens is 3. The number of sulfonamides is 1. The maximum absolute atomic E-state index is 13.0. The SMILES string of the molecule is O=C(O)Cn1cc(C2CCN(S(=O)(=O)c3ccc(OC(F)F)cc3)C2)c2cc(Cl)ccc21. The minimum Gasteiger partial charge on any atom is -0.480 e. The van der Waals surface area contributed by atoms with Gasteiger partial charge in [-0.1, -0.05) is 11.6 Å². The summed E-state index contributed by atoms with van der Waals surface area (Å²) in [5.41, 5.74) is 1.55. The first-order valence-electron chi connectivity index (χ1n) is 9.70. The Morgan fingerprint density at radius 3 is 2.59 bits per heavy atom. The summed E-state index contributed by atoms with van der Waals surface area (Å²) in [4.78, 5) is 11.2. The summed E-state index contributed by atoms with van der Waals surface area (Å²) in [6, 6.07) is 10.0. The number of carbonyl (C=O) groups is 1. The Hall–Kier alpha value is -2.69. The van der Waals surface area contributed by atoms with E-state index in [0.29, 0.717) is 17.0 Å². The summed E-state index contributed by atoms with van der Waals surface area (Å²) in [6.45, 7) is -2.74. The molecule has 2 aromatic carbocycles. The zero-order chi connectivity index (χ0) is 23.0. The average Bonchev–Trinajstić information content (AvgIpc) is 3.33. The van der Waals surface area contributed by atoms with Crippen LogP contribution >= 0.6 is 11.6 Å². The van der Waals surface area contributed by atoms with E-state index in [0.717, 1.165) is 10.9 Å². The Labute approximate surface area is 187 Å². The van der Waals surface area contributed by atoms with Crippen molar-refractivity contribution >= 4 is 38.5 Å². The van der Waals surface area contributed by atoms with Crippen LogP contribution in [0.15, 0.2) is 53.6 Å². The van der Waals surface area contributed by atoms with Gasteiger partial charge >= 0.3 is 12.6 Å². The average molecular weight is 485 g/mol. The summed E-state index contributed by atoms with van der Waals surface area (Å²) in [5, 5.41) is 10.5. The number of benzene rings is 2. The highest BCUT2D eigenvalue weighted by molar-refractivity contribution is 7.89. The van der Waals surface area contributed by atoms with Crippen LogP contribution in [0.3, 0.4) is 0 Å². The van der Waals surface area contributed by atoms with Crippen molar-refractivity contribution in [3.8, 4) is 5.75 Å². The monoisotopic (exact) mass is 484 g/mol. The number of carboxylic acids is 1. The number of ether oxygens (including phenoxy) is 1. The molecule has 0 amide bonds. The summed E-state index contributed by atoms with van der Waals surface area (Å²) in [7, 11) is -3.84. The van der Waals surface area contributed by atoms with Gasteiger partial charge in [0.15, 0.2) is 0 Å². The van der Waals surface area contributed by atoms with Crippen LogP contribution in [0, 0.1) is 0 Å². The summed E-state index contributed by atoms with van der Waals surface area (Å²) < 4.78 is 58.0. The van der Waals surface area contributed by atoms with Crippen molar-refractivity contribution in [1.29, 1.82) is 0 Å². The second kappa shape index (κ2) is 8.68. The molecule has 32 heavy (non-hydrogen) atoms. The molecule has 0 aliphatic carbocycles. The highest BCUT2D eigenvalue weighted by Crippen LogP contribution is 2.37. The number of hydrogen-bond acceptors (Lipinski definition) is 4. The molecule has 1 aliphatic rings. The zero-order valence-electron chi connectivity index (χ0n) is 16.6. The predicted octanol–water partition coefficient (Wildman–Crippen LogP) is 4.16. The molecule has 1 aliphatic heterocycles. The van der Waals surface area contributed by atoms with Crippen LogP contribution < -0.4 is 4.74 Å². The van der Waals surface area contributed by atoms with E-state index < -0.39 is 22.6 Å². The van der Waals surface area contributed by atoms with Crippen molar-refractivity contribution in [1.82, 2.24) is 8.87 Å².